The number of halogens is 2. The molecule has 0 unspecified atom stereocenters. The van der Waals surface area contributed by atoms with E-state index in [0.29, 0.717) is 49.2 Å². The lowest BCUT2D eigenvalue weighted by atomic mass is 10.1. The van der Waals surface area contributed by atoms with Crippen LogP contribution in [0.2, 0.25) is 5.02 Å². The molecular formula is C21H28ClFN3O2+. The maximum atomic E-state index is 14.0. The SMILES string of the molecule is O=C([C@H]1CC(=O)N(C2CCCC2)C1)N1CC[NH+](Cc2c(F)cccc2Cl)CC1. The van der Waals surface area contributed by atoms with Crippen LogP contribution in [-0.2, 0) is 16.1 Å². The second-order valence-electron chi connectivity index (χ2n) is 8.34. The lowest BCUT2D eigenvalue weighted by molar-refractivity contribution is -0.917. The van der Waals surface area contributed by atoms with E-state index in [-0.39, 0.29) is 23.5 Å². The van der Waals surface area contributed by atoms with Gasteiger partial charge in [-0.3, -0.25) is 9.59 Å². The topological polar surface area (TPSA) is 45.1 Å². The highest BCUT2D eigenvalue weighted by atomic mass is 35.5. The molecule has 1 aromatic rings. The van der Waals surface area contributed by atoms with Crippen LogP contribution in [0.4, 0.5) is 4.39 Å². The smallest absolute Gasteiger partial charge is 0.228 e. The molecule has 152 valence electrons. The number of likely N-dealkylation sites (tertiary alicyclic amines) is 1. The minimum Gasteiger partial charge on any atom is -0.339 e. The molecule has 2 aliphatic heterocycles. The summed E-state index contributed by atoms with van der Waals surface area (Å²) in [6.07, 6.45) is 4.88. The highest BCUT2D eigenvalue weighted by Gasteiger charge is 2.40. The van der Waals surface area contributed by atoms with Crippen molar-refractivity contribution >= 4 is 23.4 Å². The first-order valence-electron chi connectivity index (χ1n) is 10.4. The molecule has 1 aliphatic carbocycles. The summed E-state index contributed by atoms with van der Waals surface area (Å²) in [6.45, 7) is 3.95. The highest BCUT2D eigenvalue weighted by molar-refractivity contribution is 6.31. The molecule has 4 rings (SSSR count). The van der Waals surface area contributed by atoms with Gasteiger partial charge in [-0.1, -0.05) is 30.5 Å². The summed E-state index contributed by atoms with van der Waals surface area (Å²) in [6, 6.07) is 5.11. The van der Waals surface area contributed by atoms with Gasteiger partial charge in [0.25, 0.3) is 0 Å². The Morgan fingerprint density at radius 2 is 1.93 bits per heavy atom. The van der Waals surface area contributed by atoms with Crippen LogP contribution in [0.15, 0.2) is 18.2 Å². The van der Waals surface area contributed by atoms with Crippen molar-refractivity contribution < 1.29 is 18.9 Å². The van der Waals surface area contributed by atoms with Gasteiger partial charge in [0.05, 0.1) is 42.7 Å². The molecule has 1 aromatic carbocycles. The Morgan fingerprint density at radius 1 is 1.21 bits per heavy atom. The molecule has 3 fully saturated rings. The molecule has 28 heavy (non-hydrogen) atoms. The Kier molecular flexibility index (Phi) is 5.88. The summed E-state index contributed by atoms with van der Waals surface area (Å²) in [5.74, 6) is -0.217. The van der Waals surface area contributed by atoms with E-state index in [1.807, 2.05) is 9.80 Å². The lowest BCUT2D eigenvalue weighted by Gasteiger charge is -2.34. The van der Waals surface area contributed by atoms with Crippen molar-refractivity contribution in [3.05, 3.63) is 34.6 Å². The minimum absolute atomic E-state index is 0.108. The van der Waals surface area contributed by atoms with Gasteiger partial charge in [0.2, 0.25) is 11.8 Å². The molecule has 0 spiro atoms. The normalized spacial score (nSPS) is 24.4. The fraction of sp³-hybridized carbons (Fsp3) is 0.619. The Bertz CT molecular complexity index is 725. The lowest BCUT2D eigenvalue weighted by Crippen LogP contribution is -3.13. The van der Waals surface area contributed by atoms with Crippen molar-refractivity contribution in [1.29, 1.82) is 0 Å². The van der Waals surface area contributed by atoms with Gasteiger partial charge in [-0.15, -0.1) is 0 Å². The van der Waals surface area contributed by atoms with Crippen molar-refractivity contribution in [2.24, 2.45) is 5.92 Å². The molecule has 2 amide bonds. The van der Waals surface area contributed by atoms with Gasteiger partial charge in [-0.05, 0) is 25.0 Å². The summed E-state index contributed by atoms with van der Waals surface area (Å²) in [5.41, 5.74) is 0.549. The number of carbonyl (C=O) groups excluding carboxylic acids is 2. The van der Waals surface area contributed by atoms with Crippen molar-refractivity contribution in [3.63, 3.8) is 0 Å². The van der Waals surface area contributed by atoms with Crippen LogP contribution in [0.25, 0.3) is 0 Å². The largest absolute Gasteiger partial charge is 0.339 e. The van der Waals surface area contributed by atoms with Crippen LogP contribution in [0.3, 0.4) is 0 Å². The number of hydrogen-bond donors (Lipinski definition) is 1. The molecule has 1 saturated carbocycles. The van der Waals surface area contributed by atoms with Crippen LogP contribution >= 0.6 is 11.6 Å². The average molecular weight is 409 g/mol. The minimum atomic E-state index is -0.269. The standard InChI is InChI=1S/C21H27ClFN3O2/c22-18-6-3-7-19(23)17(18)14-24-8-10-25(11-9-24)21(28)15-12-20(27)26(13-15)16-4-1-2-5-16/h3,6-7,15-16H,1-2,4-5,8-14H2/p+1/t15-/m0/s1. The summed E-state index contributed by atoms with van der Waals surface area (Å²) in [7, 11) is 0. The Hall–Kier alpha value is -1.66. The second kappa shape index (κ2) is 8.37. The number of hydrogen-bond acceptors (Lipinski definition) is 2. The number of rotatable bonds is 4. The first kappa shape index (κ1) is 19.6. The van der Waals surface area contributed by atoms with E-state index in [1.54, 1.807) is 12.1 Å². The predicted octanol–water partition coefficient (Wildman–Crippen LogP) is 1.50. The van der Waals surface area contributed by atoms with Crippen molar-refractivity contribution in [2.75, 3.05) is 32.7 Å². The molecule has 5 nitrogen and oxygen atoms in total. The number of benzene rings is 1. The summed E-state index contributed by atoms with van der Waals surface area (Å²) >= 11 is 6.14. The van der Waals surface area contributed by atoms with Crippen LogP contribution in [0.1, 0.15) is 37.7 Å². The molecular weight excluding hydrogens is 381 g/mol. The van der Waals surface area contributed by atoms with E-state index in [0.717, 1.165) is 25.9 Å². The number of quaternary nitrogens is 1. The molecule has 1 atom stereocenters. The van der Waals surface area contributed by atoms with Crippen LogP contribution in [-0.4, -0.2) is 60.4 Å². The fourth-order valence-electron chi connectivity index (χ4n) is 4.90. The van der Waals surface area contributed by atoms with Gasteiger partial charge in [-0.25, -0.2) is 4.39 Å². The molecule has 2 heterocycles. The van der Waals surface area contributed by atoms with Gasteiger partial charge >= 0.3 is 0 Å². The number of amides is 2. The monoisotopic (exact) mass is 408 g/mol. The fourth-order valence-corrected chi connectivity index (χ4v) is 5.13. The maximum Gasteiger partial charge on any atom is 0.228 e. The molecule has 0 bridgehead atoms. The highest BCUT2D eigenvalue weighted by Crippen LogP contribution is 2.30. The number of piperazine rings is 1. The van der Waals surface area contributed by atoms with Gasteiger partial charge in [0.15, 0.2) is 0 Å². The molecule has 3 aliphatic rings. The van der Waals surface area contributed by atoms with E-state index >= 15 is 0 Å². The van der Waals surface area contributed by atoms with E-state index in [4.69, 9.17) is 11.6 Å². The Balaban J connectivity index is 1.30. The predicted molar refractivity (Wildman–Crippen MR) is 104 cm³/mol. The van der Waals surface area contributed by atoms with Crippen LogP contribution in [0, 0.1) is 11.7 Å². The van der Waals surface area contributed by atoms with Crippen LogP contribution in [0.5, 0.6) is 0 Å². The average Bonchev–Trinajstić information content (AvgIpc) is 3.34. The van der Waals surface area contributed by atoms with E-state index < -0.39 is 0 Å². The van der Waals surface area contributed by atoms with Gasteiger partial charge in [-0.2, -0.15) is 0 Å². The third kappa shape index (κ3) is 4.03. The summed E-state index contributed by atoms with van der Waals surface area (Å²) in [5, 5.41) is 0.461. The van der Waals surface area contributed by atoms with Crippen LogP contribution < -0.4 is 4.90 Å². The summed E-state index contributed by atoms with van der Waals surface area (Å²) in [4.78, 5) is 30.4. The van der Waals surface area contributed by atoms with E-state index in [9.17, 15) is 14.0 Å². The summed E-state index contributed by atoms with van der Waals surface area (Å²) < 4.78 is 14.0. The quantitative estimate of drug-likeness (QED) is 0.820. The van der Waals surface area contributed by atoms with Gasteiger partial charge in [0.1, 0.15) is 12.4 Å². The third-order valence-electron chi connectivity index (χ3n) is 6.54. The van der Waals surface area contributed by atoms with E-state index in [2.05, 4.69) is 0 Å². The zero-order chi connectivity index (χ0) is 19.7. The molecule has 2 saturated heterocycles. The molecule has 7 heteroatoms. The molecule has 1 N–H and O–H groups in total. The van der Waals surface area contributed by atoms with Gasteiger partial charge in [0, 0.05) is 19.0 Å². The van der Waals surface area contributed by atoms with Crippen molar-refractivity contribution in [2.45, 2.75) is 44.7 Å². The van der Waals surface area contributed by atoms with Gasteiger partial charge < -0.3 is 14.7 Å². The second-order valence-corrected chi connectivity index (χ2v) is 8.74. The first-order valence-corrected chi connectivity index (χ1v) is 10.8. The Labute approximate surface area is 170 Å². The molecule has 0 aromatic heterocycles. The first-order chi connectivity index (χ1) is 13.5. The number of nitrogens with one attached hydrogen (secondary N) is 1. The molecule has 0 radical (unpaired) electrons. The number of carbonyl (C=O) groups is 2. The van der Waals surface area contributed by atoms with E-state index in [1.165, 1.54) is 23.8 Å². The number of nitrogens with zero attached hydrogens (tertiary/aromatic N) is 2. The Morgan fingerprint density at radius 3 is 2.61 bits per heavy atom. The zero-order valence-electron chi connectivity index (χ0n) is 16.1. The van der Waals surface area contributed by atoms with Crippen molar-refractivity contribution in [3.8, 4) is 0 Å². The maximum absolute atomic E-state index is 14.0. The third-order valence-corrected chi connectivity index (χ3v) is 6.90. The zero-order valence-corrected chi connectivity index (χ0v) is 16.9. The van der Waals surface area contributed by atoms with Crippen molar-refractivity contribution in [1.82, 2.24) is 9.80 Å².